The summed E-state index contributed by atoms with van der Waals surface area (Å²) < 4.78 is 0.919. The first kappa shape index (κ1) is 53.7. The zero-order valence-corrected chi connectivity index (χ0v) is 55.9. The fourth-order valence-corrected chi connectivity index (χ4v) is 105. The van der Waals surface area contributed by atoms with Crippen LogP contribution >= 0.6 is 34.1 Å². The summed E-state index contributed by atoms with van der Waals surface area (Å²) in [5.74, 6) is 0. The van der Waals surface area contributed by atoms with Gasteiger partial charge in [0, 0.05) is 0 Å². The van der Waals surface area contributed by atoms with Crippen molar-refractivity contribution in [2.45, 2.75) is 70.0 Å². The van der Waals surface area contributed by atoms with Crippen molar-refractivity contribution in [3.8, 4) is 44.5 Å². The first-order chi connectivity index (χ1) is 36.9. The van der Waals surface area contributed by atoms with Crippen LogP contribution in [0.15, 0.2) is 216 Å². The molecule has 0 fully saturated rings. The molecule has 0 radical (unpaired) electrons. The summed E-state index contributed by atoms with van der Waals surface area (Å²) in [6.45, 7) is 11.8. The van der Waals surface area contributed by atoms with Crippen molar-refractivity contribution in [1.82, 2.24) is 0 Å². The number of rotatable bonds is 14. The number of halogens is 4. The van der Waals surface area contributed by atoms with E-state index < -0.39 is 41.4 Å². The van der Waals surface area contributed by atoms with Gasteiger partial charge in [-0.05, 0) is 0 Å². The number of hydrogen-bond acceptors (Lipinski definition) is 0. The molecular weight excluding hydrogens is 1210 g/mol. The van der Waals surface area contributed by atoms with Crippen molar-refractivity contribution in [2.24, 2.45) is 0 Å². The van der Waals surface area contributed by atoms with Crippen LogP contribution in [0.1, 0.15) is 93.1 Å². The molecule has 0 saturated heterocycles. The monoisotopic (exact) mass is 1270 g/mol. The Kier molecular flexibility index (Phi) is 13.1. The zero-order valence-electron chi connectivity index (χ0n) is 45.1. The molecule has 8 heteroatoms. The fourth-order valence-electron chi connectivity index (χ4n) is 17.0. The van der Waals surface area contributed by atoms with Crippen LogP contribution in [0.5, 0.6) is 0 Å². The van der Waals surface area contributed by atoms with Crippen molar-refractivity contribution in [3.63, 3.8) is 0 Å². The summed E-state index contributed by atoms with van der Waals surface area (Å²) in [6.07, 6.45) is 10.6. The van der Waals surface area contributed by atoms with Gasteiger partial charge in [0.2, 0.25) is 0 Å². The molecule has 4 unspecified atom stereocenters. The molecule has 0 saturated carbocycles. The average molecular weight is 1280 g/mol. The summed E-state index contributed by atoms with van der Waals surface area (Å²) in [7, 11) is 39.0. The molecule has 4 atom stereocenters. The van der Waals surface area contributed by atoms with Crippen molar-refractivity contribution in [1.29, 1.82) is 0 Å². The van der Waals surface area contributed by atoms with Crippen LogP contribution in [0.3, 0.4) is 0 Å². The maximum atomic E-state index is 9.74. The Hall–Kier alpha value is -3.92. The van der Waals surface area contributed by atoms with E-state index in [1.165, 1.54) is 111 Å². The van der Waals surface area contributed by atoms with Crippen LogP contribution < -0.4 is 0 Å². The third-order valence-corrected chi connectivity index (χ3v) is 130. The van der Waals surface area contributed by atoms with E-state index in [2.05, 4.69) is 259 Å². The Morgan fingerprint density at radius 2 is 0.532 bits per heavy atom. The van der Waals surface area contributed by atoms with Gasteiger partial charge in [-0.2, -0.15) is 0 Å². The van der Waals surface area contributed by atoms with Crippen LogP contribution in [0.2, 0.25) is 21.4 Å². The van der Waals surface area contributed by atoms with Gasteiger partial charge in [0.05, 0.1) is 0 Å². The Balaban J connectivity index is 1.09. The Bertz CT molecular complexity index is 3380. The minimum absolute atomic E-state index is 0.126. The minimum atomic E-state index is -6.12. The standard InChI is InChI=1S/4C16H13.C3H6.2CH5Si.4ClH.2Zr/c4*1-12-10-14-8-5-9-15(16(14)11-12)13-6-3-2-4-7-13;1-3-2;2*1-2;;;;;;/h4*2-11H,1H3;1-3H2;2*2H2,1H3;4*1H;;/q;;;;;;;;;;;2*+2/p-4. The summed E-state index contributed by atoms with van der Waals surface area (Å²) in [6, 6.07) is 71.0. The van der Waals surface area contributed by atoms with Gasteiger partial charge in [-0.3, -0.25) is 0 Å². The van der Waals surface area contributed by atoms with Gasteiger partial charge < -0.3 is 0 Å². The second kappa shape index (κ2) is 18.8. The molecule has 0 heterocycles. The molecule has 0 amide bonds. The van der Waals surface area contributed by atoms with Crippen LogP contribution in [0.4, 0.5) is 0 Å². The van der Waals surface area contributed by atoms with Gasteiger partial charge in [0.1, 0.15) is 0 Å². The van der Waals surface area contributed by atoms with E-state index in [1.807, 2.05) is 0 Å². The van der Waals surface area contributed by atoms with Gasteiger partial charge in [-0.25, -0.2) is 0 Å². The zero-order chi connectivity index (χ0) is 53.7. The molecule has 0 N–H and O–H groups in total. The fraction of sp³-hybridized carbons (Fsp3) is 0.188. The molecule has 8 aromatic rings. The van der Waals surface area contributed by atoms with Gasteiger partial charge in [0.15, 0.2) is 0 Å². The third kappa shape index (κ3) is 8.02. The van der Waals surface area contributed by atoms with Gasteiger partial charge in [0.25, 0.3) is 0 Å². The average Bonchev–Trinajstić information content (AvgIpc) is 3.87. The predicted molar refractivity (Wildman–Crippen MR) is 340 cm³/mol. The summed E-state index contributed by atoms with van der Waals surface area (Å²) in [5, 5.41) is 0. The Morgan fingerprint density at radius 3 is 0.740 bits per heavy atom. The second-order valence-corrected chi connectivity index (χ2v) is 131. The number of hydrogen-bond donors (Lipinski definition) is 0. The number of benzene rings is 8. The topological polar surface area (TPSA) is 0 Å². The molecule has 0 nitrogen and oxygen atoms in total. The van der Waals surface area contributed by atoms with Gasteiger partial charge >= 0.3 is 475 Å². The summed E-state index contributed by atoms with van der Waals surface area (Å²) >= 11 is -12.2. The molecular formula is C69H68Cl4Si2Zr2. The number of allylic oxidation sites excluding steroid dienone is 4. The quantitative estimate of drug-likeness (QED) is 0.0952. The van der Waals surface area contributed by atoms with E-state index in [-0.39, 0.29) is 14.5 Å². The Labute approximate surface area is 469 Å². The second-order valence-electron chi connectivity index (χ2n) is 24.1. The first-order valence-corrected chi connectivity index (χ1v) is 64.5. The van der Waals surface area contributed by atoms with E-state index >= 15 is 0 Å². The summed E-state index contributed by atoms with van der Waals surface area (Å²) in [5.41, 5.74) is 25.1. The van der Waals surface area contributed by atoms with E-state index in [0.29, 0.717) is 8.26 Å². The van der Waals surface area contributed by atoms with E-state index in [9.17, 15) is 34.1 Å². The first-order valence-electron chi connectivity index (χ1n) is 28.0. The van der Waals surface area contributed by atoms with E-state index in [0.717, 1.165) is 6.42 Å². The molecule has 77 heavy (non-hydrogen) atoms. The normalized spacial score (nSPS) is 20.6. The molecule has 4 aliphatic rings. The molecule has 0 bridgehead atoms. The SMILES string of the molecule is C[SiH2][Zr]([Cl])([Cl])([CH2]C[CH2][Zr]([Cl])([Cl])([SiH2]C)([CH]1C(C)=Cc2c(-c3ccccc3)cccc21)[CH]1C(C)=Cc2c(-c3ccccc3)cccc21)([CH]1C(C)=Cc2c(-c3ccccc3)cccc21)[CH]1C(C)=Cc2c(-c3ccccc3)cccc21. The Morgan fingerprint density at radius 1 is 0.312 bits per heavy atom. The van der Waals surface area contributed by atoms with Crippen LogP contribution in [-0.4, -0.2) is 13.3 Å². The van der Waals surface area contributed by atoms with E-state index in [1.54, 1.807) is 0 Å². The molecule has 12 rings (SSSR count). The molecule has 0 spiro atoms. The third-order valence-electron chi connectivity index (χ3n) is 20.1. The van der Waals surface area contributed by atoms with Gasteiger partial charge in [-0.15, -0.1) is 0 Å². The van der Waals surface area contributed by atoms with Crippen molar-refractivity contribution in [3.05, 3.63) is 261 Å². The molecule has 0 aliphatic heterocycles. The predicted octanol–water partition coefficient (Wildman–Crippen LogP) is 20.8. The molecule has 0 aromatic heterocycles. The van der Waals surface area contributed by atoms with Crippen molar-refractivity contribution < 1.29 is 28.1 Å². The van der Waals surface area contributed by atoms with Crippen molar-refractivity contribution in [2.75, 3.05) is 0 Å². The van der Waals surface area contributed by atoms with E-state index in [4.69, 9.17) is 0 Å². The van der Waals surface area contributed by atoms with Crippen LogP contribution in [-0.2, 0) is 28.1 Å². The van der Waals surface area contributed by atoms with Crippen molar-refractivity contribution >= 4 is 71.6 Å². The van der Waals surface area contributed by atoms with Crippen LogP contribution in [0.25, 0.3) is 68.8 Å². The van der Waals surface area contributed by atoms with Crippen LogP contribution in [0, 0.1) is 0 Å². The summed E-state index contributed by atoms with van der Waals surface area (Å²) in [4.78, 5) is 0. The van der Waals surface area contributed by atoms with Gasteiger partial charge in [-0.1, -0.05) is 0 Å². The maximum absolute atomic E-state index is 9.74. The molecule has 388 valence electrons. The number of fused-ring (bicyclic) bond motifs is 4. The molecule has 8 aromatic carbocycles. The molecule has 4 aliphatic carbocycles.